The summed E-state index contributed by atoms with van der Waals surface area (Å²) in [4.78, 5) is 10.4. The van der Waals surface area contributed by atoms with Crippen LogP contribution in [0.3, 0.4) is 0 Å². The molecule has 0 aliphatic heterocycles. The highest BCUT2D eigenvalue weighted by Crippen LogP contribution is 2.20. The van der Waals surface area contributed by atoms with Gasteiger partial charge in [0.15, 0.2) is 0 Å². The van der Waals surface area contributed by atoms with Crippen LogP contribution in [0.15, 0.2) is 18.2 Å². The van der Waals surface area contributed by atoms with Gasteiger partial charge in [0, 0.05) is 12.0 Å². The van der Waals surface area contributed by atoms with Crippen molar-refractivity contribution >= 4 is 5.97 Å². The minimum atomic E-state index is -1.23. The monoisotopic (exact) mass is 199 g/mol. The minimum absolute atomic E-state index is 0.0672. The SMILES string of the molecule is N[C@H](Cc1c(O)cccc1F)C(=O)O. The Kier molecular flexibility index (Phi) is 3.03. The van der Waals surface area contributed by atoms with Crippen LogP contribution in [0.1, 0.15) is 5.56 Å². The number of hydrogen-bond acceptors (Lipinski definition) is 3. The molecule has 0 saturated heterocycles. The van der Waals surface area contributed by atoms with Crippen LogP contribution in [0.2, 0.25) is 0 Å². The molecule has 0 bridgehead atoms. The molecule has 0 amide bonds. The summed E-state index contributed by atoms with van der Waals surface area (Å²) in [7, 11) is 0. The van der Waals surface area contributed by atoms with E-state index in [9.17, 15) is 14.3 Å². The van der Waals surface area contributed by atoms with Crippen LogP contribution >= 0.6 is 0 Å². The van der Waals surface area contributed by atoms with E-state index in [1.807, 2.05) is 0 Å². The first-order chi connectivity index (χ1) is 6.52. The van der Waals surface area contributed by atoms with Gasteiger partial charge < -0.3 is 15.9 Å². The first-order valence-electron chi connectivity index (χ1n) is 3.97. The van der Waals surface area contributed by atoms with Crippen molar-refractivity contribution in [2.75, 3.05) is 0 Å². The molecule has 0 aliphatic rings. The molecule has 4 nitrogen and oxygen atoms in total. The summed E-state index contributed by atoms with van der Waals surface area (Å²) in [6, 6.07) is 2.55. The van der Waals surface area contributed by atoms with E-state index in [1.54, 1.807) is 0 Å². The molecule has 76 valence electrons. The maximum atomic E-state index is 13.1. The van der Waals surface area contributed by atoms with Gasteiger partial charge in [0.25, 0.3) is 0 Å². The molecule has 0 radical (unpaired) electrons. The third-order valence-electron chi connectivity index (χ3n) is 1.84. The van der Waals surface area contributed by atoms with Crippen LogP contribution in [0, 0.1) is 5.82 Å². The highest BCUT2D eigenvalue weighted by Gasteiger charge is 2.17. The first-order valence-corrected chi connectivity index (χ1v) is 3.97. The summed E-state index contributed by atoms with van der Waals surface area (Å²) in [5.74, 6) is -2.16. The normalized spacial score (nSPS) is 12.4. The zero-order chi connectivity index (χ0) is 10.7. The molecule has 0 spiro atoms. The number of rotatable bonds is 3. The number of carboxylic acid groups (broad SMARTS) is 1. The molecule has 0 aliphatic carbocycles. The van der Waals surface area contributed by atoms with Crippen LogP contribution in [-0.4, -0.2) is 22.2 Å². The Morgan fingerprint density at radius 2 is 2.21 bits per heavy atom. The lowest BCUT2D eigenvalue weighted by Crippen LogP contribution is -2.32. The van der Waals surface area contributed by atoms with Gasteiger partial charge in [-0.3, -0.25) is 4.79 Å². The number of phenols is 1. The fourth-order valence-corrected chi connectivity index (χ4v) is 1.06. The van der Waals surface area contributed by atoms with Gasteiger partial charge in [-0.2, -0.15) is 0 Å². The number of carbonyl (C=O) groups is 1. The number of halogens is 1. The Labute approximate surface area is 79.8 Å². The Balaban J connectivity index is 2.91. The second-order valence-corrected chi connectivity index (χ2v) is 2.89. The second kappa shape index (κ2) is 4.06. The molecule has 1 aromatic rings. The molecule has 0 heterocycles. The van der Waals surface area contributed by atoms with Gasteiger partial charge in [-0.1, -0.05) is 6.07 Å². The lowest BCUT2D eigenvalue weighted by molar-refractivity contribution is -0.138. The molecule has 0 aromatic heterocycles. The predicted molar refractivity (Wildman–Crippen MR) is 47.4 cm³/mol. The average molecular weight is 199 g/mol. The van der Waals surface area contributed by atoms with E-state index < -0.39 is 17.8 Å². The molecule has 5 heteroatoms. The lowest BCUT2D eigenvalue weighted by atomic mass is 10.1. The van der Waals surface area contributed by atoms with Gasteiger partial charge in [-0.05, 0) is 12.1 Å². The summed E-state index contributed by atoms with van der Waals surface area (Å²) in [5, 5.41) is 17.7. The molecular formula is C9H10FNO3. The Morgan fingerprint density at radius 1 is 1.57 bits per heavy atom. The molecule has 1 aromatic carbocycles. The Hall–Kier alpha value is -1.62. The third-order valence-corrected chi connectivity index (χ3v) is 1.84. The van der Waals surface area contributed by atoms with Crippen molar-refractivity contribution in [3.05, 3.63) is 29.6 Å². The van der Waals surface area contributed by atoms with Crippen molar-refractivity contribution in [2.24, 2.45) is 5.73 Å². The van der Waals surface area contributed by atoms with Gasteiger partial charge >= 0.3 is 5.97 Å². The van der Waals surface area contributed by atoms with E-state index in [0.29, 0.717) is 0 Å². The van der Waals surface area contributed by atoms with E-state index >= 15 is 0 Å². The standard InChI is InChI=1S/C9H10FNO3/c10-6-2-1-3-8(12)5(6)4-7(11)9(13)14/h1-3,7,12H,4,11H2,(H,13,14)/t7-/m1/s1. The van der Waals surface area contributed by atoms with Crippen LogP contribution in [0.5, 0.6) is 5.75 Å². The number of aliphatic carboxylic acids is 1. The summed E-state index contributed by atoms with van der Waals surface area (Å²) in [6.07, 6.45) is -0.228. The van der Waals surface area contributed by atoms with Crippen molar-refractivity contribution in [1.82, 2.24) is 0 Å². The second-order valence-electron chi connectivity index (χ2n) is 2.89. The highest BCUT2D eigenvalue weighted by molar-refractivity contribution is 5.73. The summed E-state index contributed by atoms with van der Waals surface area (Å²) in [5.41, 5.74) is 5.14. The zero-order valence-electron chi connectivity index (χ0n) is 7.27. The van der Waals surface area contributed by atoms with Gasteiger partial charge in [-0.25, -0.2) is 4.39 Å². The van der Waals surface area contributed by atoms with E-state index in [-0.39, 0.29) is 17.7 Å². The smallest absolute Gasteiger partial charge is 0.320 e. The van der Waals surface area contributed by atoms with E-state index in [0.717, 1.165) is 6.07 Å². The van der Waals surface area contributed by atoms with E-state index in [2.05, 4.69) is 0 Å². The van der Waals surface area contributed by atoms with Crippen molar-refractivity contribution in [1.29, 1.82) is 0 Å². The third kappa shape index (κ3) is 2.20. The first kappa shape index (κ1) is 10.5. The van der Waals surface area contributed by atoms with Crippen LogP contribution in [0.25, 0.3) is 0 Å². The zero-order valence-corrected chi connectivity index (χ0v) is 7.27. The quantitative estimate of drug-likeness (QED) is 0.661. The molecule has 1 rings (SSSR count). The molecule has 0 saturated carbocycles. The summed E-state index contributed by atoms with van der Waals surface area (Å²) < 4.78 is 13.1. The number of aromatic hydroxyl groups is 1. The highest BCUT2D eigenvalue weighted by atomic mass is 19.1. The minimum Gasteiger partial charge on any atom is -0.508 e. The fraction of sp³-hybridized carbons (Fsp3) is 0.222. The van der Waals surface area contributed by atoms with Crippen molar-refractivity contribution < 1.29 is 19.4 Å². The number of nitrogens with two attached hydrogens (primary N) is 1. The maximum Gasteiger partial charge on any atom is 0.320 e. The lowest BCUT2D eigenvalue weighted by Gasteiger charge is -2.08. The molecule has 0 fully saturated rings. The van der Waals surface area contributed by atoms with Crippen LogP contribution in [-0.2, 0) is 11.2 Å². The fourth-order valence-electron chi connectivity index (χ4n) is 1.06. The molecule has 4 N–H and O–H groups in total. The van der Waals surface area contributed by atoms with Gasteiger partial charge in [0.05, 0.1) is 0 Å². The van der Waals surface area contributed by atoms with Gasteiger partial charge in [0.1, 0.15) is 17.6 Å². The molecule has 1 atom stereocenters. The summed E-state index contributed by atoms with van der Waals surface area (Å²) in [6.45, 7) is 0. The maximum absolute atomic E-state index is 13.1. The van der Waals surface area contributed by atoms with Crippen molar-refractivity contribution in [2.45, 2.75) is 12.5 Å². The number of carboxylic acids is 1. The van der Waals surface area contributed by atoms with Crippen molar-refractivity contribution in [3.8, 4) is 5.75 Å². The largest absolute Gasteiger partial charge is 0.508 e. The van der Waals surface area contributed by atoms with Gasteiger partial charge in [-0.15, -0.1) is 0 Å². The number of phenolic OH excluding ortho intramolecular Hbond substituents is 1. The Morgan fingerprint density at radius 3 is 2.71 bits per heavy atom. The Bertz CT molecular complexity index is 334. The van der Waals surface area contributed by atoms with E-state index in [4.69, 9.17) is 10.8 Å². The molecule has 0 unspecified atom stereocenters. The average Bonchev–Trinajstić information content (AvgIpc) is 2.11. The van der Waals surface area contributed by atoms with Gasteiger partial charge in [0.2, 0.25) is 0 Å². The molecular weight excluding hydrogens is 189 g/mol. The predicted octanol–water partition coefficient (Wildman–Crippen LogP) is 0.486. The van der Waals surface area contributed by atoms with E-state index in [1.165, 1.54) is 12.1 Å². The molecule has 14 heavy (non-hydrogen) atoms. The summed E-state index contributed by atoms with van der Waals surface area (Å²) >= 11 is 0. The number of benzene rings is 1. The van der Waals surface area contributed by atoms with Crippen molar-refractivity contribution in [3.63, 3.8) is 0 Å². The number of hydrogen-bond donors (Lipinski definition) is 3. The van der Waals surface area contributed by atoms with Crippen LogP contribution in [0.4, 0.5) is 4.39 Å². The topological polar surface area (TPSA) is 83.5 Å². The van der Waals surface area contributed by atoms with Crippen LogP contribution < -0.4 is 5.73 Å².